The lowest BCUT2D eigenvalue weighted by molar-refractivity contribution is 0.669. The second-order valence-electron chi connectivity index (χ2n) is 11.5. The Bertz CT molecular complexity index is 3140. The Labute approximate surface area is 269 Å². The zero-order valence-corrected chi connectivity index (χ0v) is 23.9. The molecule has 0 saturated carbocycles. The third-order valence-corrected chi connectivity index (χ3v) is 9.14. The second-order valence-corrected chi connectivity index (χ2v) is 11.5. The highest BCUT2D eigenvalue weighted by Gasteiger charge is 2.19. The maximum atomic E-state index is 9.05. The van der Waals surface area contributed by atoms with E-state index in [9.17, 15) is 0 Å². The molecule has 0 N–H and O–H groups in total. The third kappa shape index (κ3) is 3.56. The summed E-state index contributed by atoms with van der Waals surface area (Å²) in [4.78, 5) is 0. The summed E-state index contributed by atoms with van der Waals surface area (Å²) in [5, 5.41) is 7.94. The Morgan fingerprint density at radius 1 is 0.378 bits per heavy atom. The van der Waals surface area contributed by atoms with E-state index in [4.69, 9.17) is 14.0 Å². The standard InChI is InChI=1S/C44H26O/c1-2-8-27(9-3-1)31-20-25-39-41(26-31)45-40-15-7-14-36(44(39)40)35-22-17-30-18-23-37-34(21-16-29-19-24-38(35)43(30)42(29)37)33-13-6-11-28-10-4-5-12-32(28)33/h1-26H/i4D,5D,6D,10D,11D,12D,13D. The maximum Gasteiger partial charge on any atom is 0.136 e. The summed E-state index contributed by atoms with van der Waals surface area (Å²) in [6.07, 6.45) is 0. The van der Waals surface area contributed by atoms with E-state index in [0.29, 0.717) is 5.56 Å². The minimum absolute atomic E-state index is 0.0497. The summed E-state index contributed by atoms with van der Waals surface area (Å²) in [7, 11) is 0. The van der Waals surface area contributed by atoms with E-state index < -0.39 is 12.1 Å². The number of hydrogen-bond acceptors (Lipinski definition) is 1. The molecule has 0 bridgehead atoms. The van der Waals surface area contributed by atoms with E-state index in [2.05, 4.69) is 60.7 Å². The molecule has 0 aliphatic rings. The lowest BCUT2D eigenvalue weighted by atomic mass is 9.86. The molecule has 1 heteroatoms. The highest BCUT2D eigenvalue weighted by molar-refractivity contribution is 6.29. The first-order valence-corrected chi connectivity index (χ1v) is 14.9. The maximum absolute atomic E-state index is 9.05. The topological polar surface area (TPSA) is 13.1 Å². The van der Waals surface area contributed by atoms with Gasteiger partial charge in [-0.2, -0.15) is 0 Å². The fourth-order valence-corrected chi connectivity index (χ4v) is 7.13. The van der Waals surface area contributed by atoms with Gasteiger partial charge in [-0.15, -0.1) is 0 Å². The second kappa shape index (κ2) is 9.29. The first-order valence-electron chi connectivity index (χ1n) is 18.4. The van der Waals surface area contributed by atoms with E-state index in [1.165, 1.54) is 0 Å². The fourth-order valence-electron chi connectivity index (χ4n) is 7.13. The molecule has 10 aromatic rings. The van der Waals surface area contributed by atoms with Crippen LogP contribution < -0.4 is 0 Å². The zero-order chi connectivity index (χ0) is 35.6. The molecule has 1 aromatic heterocycles. The largest absolute Gasteiger partial charge is 0.456 e. The number of benzene rings is 9. The van der Waals surface area contributed by atoms with E-state index in [-0.39, 0.29) is 46.5 Å². The Kier molecular flexibility index (Phi) is 3.86. The average molecular weight is 578 g/mol. The van der Waals surface area contributed by atoms with Gasteiger partial charge in [0.25, 0.3) is 0 Å². The fraction of sp³-hybridized carbons (Fsp3) is 0. The van der Waals surface area contributed by atoms with Gasteiger partial charge in [0, 0.05) is 10.8 Å². The van der Waals surface area contributed by atoms with E-state index in [1.54, 1.807) is 0 Å². The molecular weight excluding hydrogens is 544 g/mol. The monoisotopic (exact) mass is 577 g/mol. The first kappa shape index (κ1) is 18.7. The molecule has 10 rings (SSSR count). The van der Waals surface area contributed by atoms with Gasteiger partial charge in [-0.1, -0.05) is 139 Å². The van der Waals surface area contributed by atoms with Crippen LogP contribution in [0.3, 0.4) is 0 Å². The Hall–Kier alpha value is -5.92. The van der Waals surface area contributed by atoms with Crippen molar-refractivity contribution in [2.45, 2.75) is 0 Å². The van der Waals surface area contributed by atoms with Gasteiger partial charge in [0.05, 0.1) is 9.60 Å². The van der Waals surface area contributed by atoms with Gasteiger partial charge in [0.2, 0.25) is 0 Å². The quantitative estimate of drug-likeness (QED) is 0.190. The van der Waals surface area contributed by atoms with Gasteiger partial charge in [0.15, 0.2) is 0 Å². The molecule has 0 saturated heterocycles. The SMILES string of the molecule is [2H]c1c([2H])c([2H])c2c(-c3ccc4ccc5c(-c6cccc7oc8cc(-c9ccccc9)ccc8c67)ccc6ccc3c4c65)c([2H])c([2H])c([2H])c2c1[2H]. The van der Waals surface area contributed by atoms with Gasteiger partial charge >= 0.3 is 0 Å². The van der Waals surface area contributed by atoms with Crippen molar-refractivity contribution < 1.29 is 14.0 Å². The highest BCUT2D eigenvalue weighted by Crippen LogP contribution is 2.45. The third-order valence-electron chi connectivity index (χ3n) is 9.14. The molecule has 208 valence electrons. The Morgan fingerprint density at radius 2 is 1.07 bits per heavy atom. The highest BCUT2D eigenvalue weighted by atomic mass is 16.3. The lowest BCUT2D eigenvalue weighted by Crippen LogP contribution is -1.90. The van der Waals surface area contributed by atoms with Crippen molar-refractivity contribution in [2.75, 3.05) is 0 Å². The van der Waals surface area contributed by atoms with E-state index in [1.807, 2.05) is 54.6 Å². The molecular formula is C44H26O. The molecule has 9 aromatic carbocycles. The van der Waals surface area contributed by atoms with E-state index >= 15 is 0 Å². The van der Waals surface area contributed by atoms with Crippen LogP contribution in [0.25, 0.3) is 98.4 Å². The zero-order valence-electron chi connectivity index (χ0n) is 30.9. The van der Waals surface area contributed by atoms with Gasteiger partial charge < -0.3 is 4.42 Å². The van der Waals surface area contributed by atoms with Gasteiger partial charge in [0.1, 0.15) is 11.2 Å². The number of furan rings is 1. The molecule has 45 heavy (non-hydrogen) atoms. The molecule has 0 amide bonds. The van der Waals surface area contributed by atoms with Crippen LogP contribution in [-0.4, -0.2) is 0 Å². The van der Waals surface area contributed by atoms with E-state index in [0.717, 1.165) is 76.5 Å². The minimum Gasteiger partial charge on any atom is -0.456 e. The van der Waals surface area contributed by atoms with Crippen LogP contribution in [0, 0.1) is 0 Å². The van der Waals surface area contributed by atoms with Crippen molar-refractivity contribution in [1.29, 1.82) is 0 Å². The average Bonchev–Trinajstić information content (AvgIpc) is 3.56. The van der Waals surface area contributed by atoms with Crippen molar-refractivity contribution >= 4 is 65.0 Å². The summed E-state index contributed by atoms with van der Waals surface area (Å²) >= 11 is 0. The van der Waals surface area contributed by atoms with Gasteiger partial charge in [-0.3, -0.25) is 0 Å². The van der Waals surface area contributed by atoms with Crippen LogP contribution in [-0.2, 0) is 0 Å². The Balaban J connectivity index is 1.26. The van der Waals surface area contributed by atoms with Crippen molar-refractivity contribution in [3.63, 3.8) is 0 Å². The summed E-state index contributed by atoms with van der Waals surface area (Å²) in [6, 6.07) is 36.5. The molecule has 0 spiro atoms. The molecule has 0 fully saturated rings. The predicted octanol–water partition coefficient (Wildman–Crippen LogP) is 12.6. The molecule has 0 aliphatic carbocycles. The number of rotatable bonds is 3. The lowest BCUT2D eigenvalue weighted by Gasteiger charge is -2.17. The van der Waals surface area contributed by atoms with Crippen LogP contribution in [0.5, 0.6) is 0 Å². The van der Waals surface area contributed by atoms with Crippen molar-refractivity contribution in [3.8, 4) is 33.4 Å². The normalized spacial score (nSPS) is 14.2. The molecule has 1 nitrogen and oxygen atoms in total. The number of hydrogen-bond donors (Lipinski definition) is 0. The smallest absolute Gasteiger partial charge is 0.136 e. The summed E-state index contributed by atoms with van der Waals surface area (Å²) in [6.45, 7) is 0. The van der Waals surface area contributed by atoms with Crippen LogP contribution >= 0.6 is 0 Å². The van der Waals surface area contributed by atoms with Crippen molar-refractivity contribution in [3.05, 3.63) is 158 Å². The minimum atomic E-state index is -0.464. The predicted molar refractivity (Wildman–Crippen MR) is 191 cm³/mol. The van der Waals surface area contributed by atoms with Crippen molar-refractivity contribution in [1.82, 2.24) is 0 Å². The van der Waals surface area contributed by atoms with Crippen LogP contribution in [0.4, 0.5) is 0 Å². The van der Waals surface area contributed by atoms with Crippen molar-refractivity contribution in [2.24, 2.45) is 0 Å². The molecule has 1 heterocycles. The number of fused-ring (bicyclic) bond motifs is 4. The van der Waals surface area contributed by atoms with Crippen LogP contribution in [0.2, 0.25) is 0 Å². The Morgan fingerprint density at radius 3 is 1.87 bits per heavy atom. The van der Waals surface area contributed by atoms with Crippen LogP contribution in [0.15, 0.2) is 162 Å². The molecule has 0 radical (unpaired) electrons. The molecule has 0 aliphatic heterocycles. The van der Waals surface area contributed by atoms with Crippen LogP contribution in [0.1, 0.15) is 9.60 Å². The molecule has 0 atom stereocenters. The first-order chi connectivity index (χ1) is 25.2. The summed E-state index contributed by atoms with van der Waals surface area (Å²) < 4.78 is 67.0. The van der Waals surface area contributed by atoms with Gasteiger partial charge in [-0.05, 0) is 94.7 Å². The summed E-state index contributed by atoms with van der Waals surface area (Å²) in [5.74, 6) is 0. The molecule has 0 unspecified atom stereocenters. The van der Waals surface area contributed by atoms with Gasteiger partial charge in [-0.25, -0.2) is 0 Å². The summed E-state index contributed by atoms with van der Waals surface area (Å²) in [5.41, 5.74) is 6.72.